The van der Waals surface area contributed by atoms with Crippen molar-refractivity contribution in [3.63, 3.8) is 0 Å². The fourth-order valence-electron chi connectivity index (χ4n) is 6.72. The summed E-state index contributed by atoms with van der Waals surface area (Å²) >= 11 is 0. The summed E-state index contributed by atoms with van der Waals surface area (Å²) in [5, 5.41) is 0.453. The van der Waals surface area contributed by atoms with Crippen LogP contribution in [0.5, 0.6) is 23.0 Å². The molecule has 0 amide bonds. The minimum Gasteiger partial charge on any atom is -0.541 e. The van der Waals surface area contributed by atoms with Crippen molar-refractivity contribution < 1.29 is 32.3 Å². The molecule has 4 rings (SSSR count). The zero-order valence-corrected chi connectivity index (χ0v) is 30.7. The van der Waals surface area contributed by atoms with Crippen molar-refractivity contribution in [3.8, 4) is 23.0 Å². The van der Waals surface area contributed by atoms with Gasteiger partial charge in [-0.15, -0.1) is 0 Å². The number of methoxy groups -OCH3 is 2. The molecule has 44 heavy (non-hydrogen) atoms. The molecule has 8 nitrogen and oxygen atoms in total. The highest BCUT2D eigenvalue weighted by molar-refractivity contribution is 6.77. The number of carbonyl (C=O) groups excluding carboxylic acids is 1. The Kier molecular flexibility index (Phi) is 9.42. The van der Waals surface area contributed by atoms with Crippen molar-refractivity contribution in [2.24, 2.45) is 0 Å². The molecule has 242 valence electrons. The number of carbonyl (C=O) groups is 1. The monoisotopic (exact) mass is 642 g/mol. The smallest absolute Gasteiger partial charge is 0.250 e. The fraction of sp³-hybridized carbons (Fsp3) is 0.588. The predicted molar refractivity (Wildman–Crippen MR) is 181 cm³/mol. The molecular weight excluding hydrogens is 593 g/mol. The van der Waals surface area contributed by atoms with E-state index in [2.05, 4.69) is 75.4 Å². The summed E-state index contributed by atoms with van der Waals surface area (Å²) in [6.45, 7) is 24.0. The van der Waals surface area contributed by atoms with Gasteiger partial charge in [0.25, 0.3) is 8.32 Å². The Morgan fingerprint density at radius 2 is 1.43 bits per heavy atom. The third kappa shape index (κ3) is 5.47. The molecule has 0 N–H and O–H groups in total. The number of ether oxygens (including phenoxy) is 3. The molecule has 0 saturated heterocycles. The van der Waals surface area contributed by atoms with Gasteiger partial charge in [0.05, 0.1) is 20.1 Å². The van der Waals surface area contributed by atoms with Crippen LogP contribution in [-0.4, -0.2) is 43.4 Å². The lowest BCUT2D eigenvalue weighted by atomic mass is 9.94. The Morgan fingerprint density at radius 1 is 0.886 bits per heavy atom. The number of hydrogen-bond donors (Lipinski definition) is 0. The molecule has 2 heterocycles. The summed E-state index contributed by atoms with van der Waals surface area (Å²) < 4.78 is 38.5. The molecule has 2 unspecified atom stereocenters. The molecule has 0 bridgehead atoms. The minimum atomic E-state index is -2.41. The minimum absolute atomic E-state index is 0.0893. The van der Waals surface area contributed by atoms with E-state index < -0.39 is 28.8 Å². The third-order valence-electron chi connectivity index (χ3n) is 9.92. The SMILES string of the molecule is COc1ccc(O[Si](C)(C)C(C)(C)C)c2oc3c4c(cc(OC)c3c(=O)c12)OC(O[Si](C(C)C)(C(C)C)C(C)C)C4CC=O. The summed E-state index contributed by atoms with van der Waals surface area (Å²) in [7, 11) is -1.70. The molecule has 0 fully saturated rings. The van der Waals surface area contributed by atoms with Crippen molar-refractivity contribution >= 4 is 44.9 Å². The van der Waals surface area contributed by atoms with Crippen LogP contribution < -0.4 is 24.1 Å². The molecule has 0 spiro atoms. The van der Waals surface area contributed by atoms with Crippen LogP contribution in [-0.2, 0) is 9.22 Å². The molecule has 1 aliphatic heterocycles. The standard InChI is InChI=1S/C34H50O8Si2/c1-19(2)44(20(3)4,21(5)6)42-33-22(16-17-35)27-26(39-33)18-25(38-11)29-30(36)28-23(37-10)14-15-24(31(28)40-32(27)29)41-43(12,13)34(7,8)9/h14-15,17-22,33H,16H2,1-13H3. The largest absolute Gasteiger partial charge is 0.541 e. The van der Waals surface area contributed by atoms with E-state index in [9.17, 15) is 9.59 Å². The second-order valence-corrected chi connectivity index (χ2v) is 24.5. The Labute approximate surface area is 263 Å². The first-order valence-electron chi connectivity index (χ1n) is 15.6. The zero-order valence-electron chi connectivity index (χ0n) is 28.7. The van der Waals surface area contributed by atoms with Crippen LogP contribution >= 0.6 is 0 Å². The van der Waals surface area contributed by atoms with Gasteiger partial charge in [-0.3, -0.25) is 4.79 Å². The van der Waals surface area contributed by atoms with Gasteiger partial charge in [-0.25, -0.2) is 0 Å². The first-order valence-corrected chi connectivity index (χ1v) is 20.7. The van der Waals surface area contributed by atoms with Gasteiger partial charge in [-0.05, 0) is 46.9 Å². The highest BCUT2D eigenvalue weighted by Gasteiger charge is 2.51. The molecule has 0 aliphatic carbocycles. The number of fused-ring (bicyclic) bond motifs is 4. The predicted octanol–water partition coefficient (Wildman–Crippen LogP) is 8.93. The van der Waals surface area contributed by atoms with E-state index in [1.54, 1.807) is 18.2 Å². The highest BCUT2D eigenvalue weighted by atomic mass is 28.4. The van der Waals surface area contributed by atoms with E-state index in [0.717, 1.165) is 6.29 Å². The average molecular weight is 643 g/mol. The Balaban J connectivity index is 2.05. The average Bonchev–Trinajstić information content (AvgIpc) is 3.27. The van der Waals surface area contributed by atoms with E-state index in [4.69, 9.17) is 27.5 Å². The van der Waals surface area contributed by atoms with Crippen molar-refractivity contribution in [3.05, 3.63) is 34.0 Å². The molecule has 1 aliphatic rings. The summed E-state index contributed by atoms with van der Waals surface area (Å²) in [5.41, 5.74) is 1.87. The summed E-state index contributed by atoms with van der Waals surface area (Å²) in [5.74, 6) is 1.19. The molecule has 2 aromatic carbocycles. The first-order chi connectivity index (χ1) is 20.5. The summed E-state index contributed by atoms with van der Waals surface area (Å²) in [6, 6.07) is 5.26. The topological polar surface area (TPSA) is 93.4 Å². The number of aldehydes is 1. The van der Waals surface area contributed by atoms with E-state index in [1.807, 2.05) is 0 Å². The van der Waals surface area contributed by atoms with E-state index in [1.165, 1.54) is 14.2 Å². The maximum atomic E-state index is 14.4. The Hall–Kier alpha value is -2.83. The Morgan fingerprint density at radius 3 is 1.93 bits per heavy atom. The lowest BCUT2D eigenvalue weighted by molar-refractivity contribution is -0.109. The maximum Gasteiger partial charge on any atom is 0.250 e. The number of rotatable bonds is 11. The molecule has 0 saturated carbocycles. The number of hydrogen-bond acceptors (Lipinski definition) is 8. The molecule has 10 heteroatoms. The van der Waals surface area contributed by atoms with Gasteiger partial charge in [-0.1, -0.05) is 62.3 Å². The quantitative estimate of drug-likeness (QED) is 0.116. The van der Waals surface area contributed by atoms with Gasteiger partial charge in [0, 0.05) is 18.1 Å². The summed E-state index contributed by atoms with van der Waals surface area (Å²) in [4.78, 5) is 26.6. The van der Waals surface area contributed by atoms with Gasteiger partial charge in [0.2, 0.25) is 13.7 Å². The molecular formula is C34H50O8Si2. The van der Waals surface area contributed by atoms with Gasteiger partial charge in [0.15, 0.2) is 11.9 Å². The van der Waals surface area contributed by atoms with Crippen molar-refractivity contribution in [1.29, 1.82) is 0 Å². The van der Waals surface area contributed by atoms with Crippen LogP contribution in [0.4, 0.5) is 0 Å². The lowest BCUT2D eigenvalue weighted by Crippen LogP contribution is -2.51. The van der Waals surface area contributed by atoms with Crippen LogP contribution in [0.25, 0.3) is 21.9 Å². The maximum absolute atomic E-state index is 14.4. The van der Waals surface area contributed by atoms with Crippen LogP contribution in [0.2, 0.25) is 34.8 Å². The third-order valence-corrected chi connectivity index (χ3v) is 20.3. The van der Waals surface area contributed by atoms with E-state index in [-0.39, 0.29) is 27.7 Å². The second kappa shape index (κ2) is 12.2. The molecule has 2 atom stereocenters. The Bertz CT molecular complexity index is 1580. The van der Waals surface area contributed by atoms with E-state index in [0.29, 0.717) is 56.4 Å². The van der Waals surface area contributed by atoms with Crippen LogP contribution in [0.1, 0.15) is 80.2 Å². The van der Waals surface area contributed by atoms with Gasteiger partial charge < -0.3 is 32.3 Å². The highest BCUT2D eigenvalue weighted by Crippen LogP contribution is 2.52. The zero-order chi connectivity index (χ0) is 32.9. The lowest BCUT2D eigenvalue weighted by Gasteiger charge is -2.44. The molecule has 3 aromatic rings. The number of benzene rings is 2. The van der Waals surface area contributed by atoms with Crippen molar-refractivity contribution in [2.75, 3.05) is 14.2 Å². The van der Waals surface area contributed by atoms with Gasteiger partial charge in [-0.2, -0.15) is 0 Å². The first kappa shape index (κ1) is 34.1. The normalized spacial score (nSPS) is 17.5. The van der Waals surface area contributed by atoms with Crippen molar-refractivity contribution in [2.45, 2.75) is 116 Å². The second-order valence-electron chi connectivity index (χ2n) is 14.4. The van der Waals surface area contributed by atoms with E-state index >= 15 is 0 Å². The summed E-state index contributed by atoms with van der Waals surface area (Å²) in [6.07, 6.45) is 0.316. The van der Waals surface area contributed by atoms with Crippen LogP contribution in [0, 0.1) is 0 Å². The molecule has 0 radical (unpaired) electrons. The van der Waals surface area contributed by atoms with Gasteiger partial charge in [0.1, 0.15) is 45.6 Å². The van der Waals surface area contributed by atoms with Gasteiger partial charge >= 0.3 is 0 Å². The molecule has 1 aromatic heterocycles. The van der Waals surface area contributed by atoms with Crippen molar-refractivity contribution in [1.82, 2.24) is 0 Å². The van der Waals surface area contributed by atoms with Crippen LogP contribution in [0.15, 0.2) is 27.4 Å². The van der Waals surface area contributed by atoms with Crippen LogP contribution in [0.3, 0.4) is 0 Å². The fourth-order valence-corrected chi connectivity index (χ4v) is 13.2.